The number of fused-ring (bicyclic) bond motifs is 1. The first kappa shape index (κ1) is 28.2. The summed E-state index contributed by atoms with van der Waals surface area (Å²) in [5.41, 5.74) is 3.78. The van der Waals surface area contributed by atoms with Crippen LogP contribution in [0.4, 0.5) is 0 Å². The molecule has 4 rings (SSSR count). The molecule has 0 saturated carbocycles. The smallest absolute Gasteiger partial charge is 0.160 e. The summed E-state index contributed by atoms with van der Waals surface area (Å²) in [6.07, 6.45) is 9.53. The summed E-state index contributed by atoms with van der Waals surface area (Å²) in [4.78, 5) is 31.5. The lowest BCUT2D eigenvalue weighted by Gasteiger charge is -2.32. The van der Waals surface area contributed by atoms with Crippen LogP contribution in [-0.4, -0.2) is 40.6 Å². The number of aromatic nitrogens is 1. The molecule has 3 aromatic rings. The van der Waals surface area contributed by atoms with Crippen LogP contribution in [0.25, 0.3) is 6.08 Å². The summed E-state index contributed by atoms with van der Waals surface area (Å²) in [5, 5.41) is 29.3. The third-order valence-electron chi connectivity index (χ3n) is 7.58. The maximum absolute atomic E-state index is 13.8. The van der Waals surface area contributed by atoms with Gasteiger partial charge in [-0.15, -0.1) is 5.69 Å². The minimum absolute atomic E-state index is 0.0272. The first-order valence-corrected chi connectivity index (χ1v) is 13.5. The Morgan fingerprint density at radius 3 is 2.62 bits per heavy atom. The van der Waals surface area contributed by atoms with Crippen molar-refractivity contribution in [1.29, 1.82) is 0 Å². The van der Waals surface area contributed by atoms with Gasteiger partial charge in [0.05, 0.1) is 13.0 Å². The average Bonchev–Trinajstić information content (AvgIpc) is 3.42. The number of ketones is 2. The number of hydrogen-bond acceptors (Lipinski definition) is 6. The van der Waals surface area contributed by atoms with Crippen molar-refractivity contribution in [2.45, 2.75) is 50.9 Å². The van der Waals surface area contributed by atoms with Gasteiger partial charge < -0.3 is 25.0 Å². The van der Waals surface area contributed by atoms with E-state index in [9.17, 15) is 24.9 Å². The molecule has 0 fully saturated rings. The Balaban J connectivity index is 1.43. The number of benzene rings is 2. The second-order valence-corrected chi connectivity index (χ2v) is 10.1. The Morgan fingerprint density at radius 2 is 1.85 bits per heavy atom. The molecule has 1 heterocycles. The van der Waals surface area contributed by atoms with E-state index < -0.39 is 11.8 Å². The van der Waals surface area contributed by atoms with Crippen LogP contribution in [0.3, 0.4) is 0 Å². The molecule has 0 bridgehead atoms. The summed E-state index contributed by atoms with van der Waals surface area (Å²) >= 11 is 0. The summed E-state index contributed by atoms with van der Waals surface area (Å²) in [6, 6.07) is 14.2. The molecule has 0 aliphatic heterocycles. The molecule has 3 N–H and O–H groups in total. The Hall–Kier alpha value is -3.84. The largest absolute Gasteiger partial charge is 0.664 e. The van der Waals surface area contributed by atoms with Gasteiger partial charge in [0.1, 0.15) is 11.5 Å². The lowest BCUT2D eigenvalue weighted by atomic mass is 9.72. The lowest BCUT2D eigenvalue weighted by Crippen LogP contribution is -2.34. The van der Waals surface area contributed by atoms with Crippen LogP contribution < -0.4 is 9.72 Å². The zero-order valence-electron chi connectivity index (χ0n) is 22.3. The van der Waals surface area contributed by atoms with Crippen molar-refractivity contribution < 1.29 is 29.6 Å². The first-order valence-electron chi connectivity index (χ1n) is 13.5. The number of unbranched alkanes of at least 4 members (excludes halogenated alkanes) is 1. The fourth-order valence-electron chi connectivity index (χ4n) is 5.51. The molecule has 206 valence electrons. The number of carbonyl (C=O) groups is 2. The number of phenols is 2. The van der Waals surface area contributed by atoms with Gasteiger partial charge in [0.25, 0.3) is 0 Å². The molecule has 1 aromatic heterocycles. The molecule has 1 aliphatic rings. The Labute approximate surface area is 229 Å². The molecule has 2 aromatic carbocycles. The van der Waals surface area contributed by atoms with E-state index >= 15 is 0 Å². The number of aryl methyl sites for hydroxylation is 2. The number of aliphatic hydroxyl groups excluding tert-OH is 1. The molecule has 0 unspecified atom stereocenters. The predicted octanol–water partition coefficient (Wildman–Crippen LogP) is 4.97. The standard InChI is InChI=1S/C32H36NO6/c1-39-31-20-22(10-14-30(31)37)9-13-29(36)27(16-18-34)32(38)26-11-12-28-25(15-17-33-28)24(26)8-3-2-5-21-6-4-7-23(35)19-21/h4,6-7,10-12,14-15,17,19-20,24,26-27,34-35,37H,2-3,5,8-9,13,16,18H2,1H3/q-1/t24-,26-,27-/m1/s1. The highest BCUT2D eigenvalue weighted by molar-refractivity contribution is 6.04. The molecule has 0 amide bonds. The van der Waals surface area contributed by atoms with Crippen LogP contribution in [-0.2, 0) is 22.4 Å². The normalized spacial score (nSPS) is 17.0. The van der Waals surface area contributed by atoms with Gasteiger partial charge in [0.15, 0.2) is 17.3 Å². The van der Waals surface area contributed by atoms with Crippen LogP contribution in [0.5, 0.6) is 17.2 Å². The van der Waals surface area contributed by atoms with E-state index in [1.807, 2.05) is 30.4 Å². The average molecular weight is 531 g/mol. The van der Waals surface area contributed by atoms with Crippen molar-refractivity contribution in [1.82, 2.24) is 4.98 Å². The van der Waals surface area contributed by atoms with Gasteiger partial charge in [-0.25, -0.2) is 0 Å². The van der Waals surface area contributed by atoms with Gasteiger partial charge in [0.2, 0.25) is 0 Å². The third-order valence-corrected chi connectivity index (χ3v) is 7.58. The fraction of sp³-hybridized carbons (Fsp3) is 0.375. The number of aromatic hydroxyl groups is 2. The summed E-state index contributed by atoms with van der Waals surface area (Å²) in [7, 11) is 1.47. The summed E-state index contributed by atoms with van der Waals surface area (Å²) in [6.45, 7) is -0.247. The molecule has 0 saturated heterocycles. The van der Waals surface area contributed by atoms with Gasteiger partial charge in [-0.3, -0.25) is 9.59 Å². The molecule has 39 heavy (non-hydrogen) atoms. The first-order chi connectivity index (χ1) is 18.9. The van der Waals surface area contributed by atoms with Crippen LogP contribution in [0.2, 0.25) is 0 Å². The number of rotatable bonds is 14. The molecule has 1 aliphatic carbocycles. The Bertz CT molecular complexity index is 1310. The monoisotopic (exact) mass is 530 g/mol. The number of ether oxygens (including phenoxy) is 1. The van der Waals surface area contributed by atoms with E-state index in [2.05, 4.69) is 4.98 Å². The number of Topliss-reactive ketones (excluding diaryl/α,β-unsaturated/α-hetero) is 2. The number of nitrogens with zero attached hydrogens (tertiary/aromatic N) is 1. The molecule has 7 nitrogen and oxygen atoms in total. The van der Waals surface area contributed by atoms with Crippen LogP contribution >= 0.6 is 0 Å². The molecule has 0 spiro atoms. The van der Waals surface area contributed by atoms with Crippen molar-refractivity contribution in [3.8, 4) is 17.2 Å². The van der Waals surface area contributed by atoms with Gasteiger partial charge in [-0.1, -0.05) is 48.4 Å². The quantitative estimate of drug-likeness (QED) is 0.199. The molecule has 3 atom stereocenters. The van der Waals surface area contributed by atoms with Gasteiger partial charge in [-0.05, 0) is 73.4 Å². The zero-order valence-corrected chi connectivity index (χ0v) is 22.3. The maximum Gasteiger partial charge on any atom is 0.160 e. The number of carbonyl (C=O) groups excluding carboxylic acids is 2. The van der Waals surface area contributed by atoms with Gasteiger partial charge >= 0.3 is 0 Å². The van der Waals surface area contributed by atoms with E-state index in [1.54, 1.807) is 30.5 Å². The van der Waals surface area contributed by atoms with E-state index in [4.69, 9.17) is 4.74 Å². The van der Waals surface area contributed by atoms with Crippen LogP contribution in [0.15, 0.2) is 60.8 Å². The number of phenolic OH excluding ortho intramolecular Hbond substituents is 2. The van der Waals surface area contributed by atoms with E-state index in [-0.39, 0.29) is 48.4 Å². The number of methoxy groups -OCH3 is 1. The number of aliphatic hydroxyl groups is 1. The van der Waals surface area contributed by atoms with E-state index in [0.717, 1.165) is 48.1 Å². The molecular weight excluding hydrogens is 494 g/mol. The summed E-state index contributed by atoms with van der Waals surface area (Å²) < 4.78 is 5.15. The van der Waals surface area contributed by atoms with Crippen LogP contribution in [0.1, 0.15) is 60.4 Å². The second-order valence-electron chi connectivity index (χ2n) is 10.1. The zero-order chi connectivity index (χ0) is 27.8. The van der Waals surface area contributed by atoms with Gasteiger partial charge in [0, 0.05) is 18.9 Å². The highest BCUT2D eigenvalue weighted by Crippen LogP contribution is 2.39. The topological polar surface area (TPSA) is 118 Å². The molecule has 0 radical (unpaired) electrons. The van der Waals surface area contributed by atoms with E-state index in [0.29, 0.717) is 12.2 Å². The number of allylic oxidation sites excluding steroid dienone is 1. The van der Waals surface area contributed by atoms with E-state index in [1.165, 1.54) is 13.2 Å². The maximum atomic E-state index is 13.8. The van der Waals surface area contributed by atoms with Crippen LogP contribution in [0, 0.1) is 11.8 Å². The van der Waals surface area contributed by atoms with Crippen molar-refractivity contribution in [2.75, 3.05) is 13.7 Å². The Kier molecular flexibility index (Phi) is 9.60. The second kappa shape index (κ2) is 13.3. The highest BCUT2D eigenvalue weighted by Gasteiger charge is 2.36. The van der Waals surface area contributed by atoms with Crippen molar-refractivity contribution in [2.24, 2.45) is 11.8 Å². The van der Waals surface area contributed by atoms with Crippen molar-refractivity contribution in [3.63, 3.8) is 0 Å². The SMILES string of the molecule is COc1cc(CCC(=O)[C@@H](CCO)C(=O)[C@@H]2C=Cc3[n-]ccc3[C@H]2CCCCc2cccc(O)c2)ccc1O. The van der Waals surface area contributed by atoms with Crippen molar-refractivity contribution in [3.05, 3.63) is 83.2 Å². The lowest BCUT2D eigenvalue weighted by molar-refractivity contribution is -0.135. The molecule has 7 heteroatoms. The predicted molar refractivity (Wildman–Crippen MR) is 149 cm³/mol. The number of hydrogen-bond donors (Lipinski definition) is 3. The third kappa shape index (κ3) is 6.98. The molecular formula is C32H36NO6-. The highest BCUT2D eigenvalue weighted by atomic mass is 16.5. The summed E-state index contributed by atoms with van der Waals surface area (Å²) in [5.74, 6) is -1.16. The van der Waals surface area contributed by atoms with Gasteiger partial charge in [-0.2, -0.15) is 6.20 Å². The minimum atomic E-state index is -0.886. The Morgan fingerprint density at radius 1 is 1.03 bits per heavy atom. The minimum Gasteiger partial charge on any atom is -0.664 e. The van der Waals surface area contributed by atoms with Crippen molar-refractivity contribution >= 4 is 17.6 Å². The fourth-order valence-corrected chi connectivity index (χ4v) is 5.51.